The lowest BCUT2D eigenvalue weighted by molar-refractivity contribution is -0.117. The Kier molecular flexibility index (Phi) is 6.59. The first kappa shape index (κ1) is 20.9. The van der Waals surface area contributed by atoms with Crippen LogP contribution in [-0.4, -0.2) is 26.3 Å². The molecular weight excluding hydrogens is 390 g/mol. The van der Waals surface area contributed by atoms with Gasteiger partial charge in [0.25, 0.3) is 0 Å². The first-order chi connectivity index (χ1) is 12.6. The average molecular weight is 410 g/mol. The minimum Gasteiger partial charge on any atom is -0.325 e. The molecule has 3 N–H and O–H groups in total. The molecule has 2 aromatic rings. The van der Waals surface area contributed by atoms with E-state index in [9.17, 15) is 18.0 Å². The van der Waals surface area contributed by atoms with E-state index in [2.05, 4.69) is 15.4 Å². The van der Waals surface area contributed by atoms with Crippen molar-refractivity contribution in [1.29, 1.82) is 0 Å². The molecule has 0 saturated heterocycles. The highest BCUT2D eigenvalue weighted by Crippen LogP contribution is 2.23. The minimum atomic E-state index is -3.89. The van der Waals surface area contributed by atoms with Crippen LogP contribution in [0.5, 0.6) is 0 Å². The third-order valence-corrected chi connectivity index (χ3v) is 5.40. The number of carbonyl (C=O) groups excluding carboxylic acids is 2. The van der Waals surface area contributed by atoms with Gasteiger partial charge in [0.1, 0.15) is 0 Å². The first-order valence-corrected chi connectivity index (χ1v) is 9.91. The molecule has 1 atom stereocenters. The van der Waals surface area contributed by atoms with Gasteiger partial charge in [-0.3, -0.25) is 9.59 Å². The summed E-state index contributed by atoms with van der Waals surface area (Å²) in [5, 5.41) is 5.66. The molecule has 0 aromatic heterocycles. The molecule has 0 aliphatic heterocycles. The lowest BCUT2D eigenvalue weighted by Crippen LogP contribution is -2.41. The number of anilines is 2. The van der Waals surface area contributed by atoms with Gasteiger partial charge in [-0.05, 0) is 55.8 Å². The normalized spacial score (nSPS) is 12.3. The summed E-state index contributed by atoms with van der Waals surface area (Å²) < 4.78 is 27.1. The first-order valence-electron chi connectivity index (χ1n) is 8.05. The Bertz CT molecular complexity index is 959. The van der Waals surface area contributed by atoms with Crippen LogP contribution in [0.4, 0.5) is 11.4 Å². The molecule has 0 aliphatic rings. The van der Waals surface area contributed by atoms with Crippen molar-refractivity contribution < 1.29 is 18.0 Å². The number of hydrogen-bond donors (Lipinski definition) is 3. The van der Waals surface area contributed by atoms with E-state index in [4.69, 9.17) is 11.6 Å². The third-order valence-electron chi connectivity index (χ3n) is 3.59. The summed E-state index contributed by atoms with van der Waals surface area (Å²) in [4.78, 5) is 23.8. The summed E-state index contributed by atoms with van der Waals surface area (Å²) in [5.74, 6) is -0.851. The SMILES string of the molecule is CC(=O)Nc1ccc(C)cc1NC(=O)[C@H](C)NS(=O)(=O)c1ccc(Cl)cc1. The van der Waals surface area contributed by atoms with E-state index in [1.165, 1.54) is 38.1 Å². The molecule has 0 aliphatic carbocycles. The Morgan fingerprint density at radius 1 is 1.00 bits per heavy atom. The molecule has 0 unspecified atom stereocenters. The molecule has 0 bridgehead atoms. The Morgan fingerprint density at radius 3 is 2.22 bits per heavy atom. The summed E-state index contributed by atoms with van der Waals surface area (Å²) in [6.07, 6.45) is 0. The van der Waals surface area contributed by atoms with Crippen molar-refractivity contribution in [2.75, 3.05) is 10.6 Å². The van der Waals surface area contributed by atoms with E-state index >= 15 is 0 Å². The summed E-state index contributed by atoms with van der Waals surface area (Å²) in [5.41, 5.74) is 1.68. The predicted molar refractivity (Wildman–Crippen MR) is 105 cm³/mol. The van der Waals surface area contributed by atoms with Gasteiger partial charge in [-0.1, -0.05) is 17.7 Å². The maximum absolute atomic E-state index is 12.5. The van der Waals surface area contributed by atoms with E-state index in [-0.39, 0.29) is 10.8 Å². The molecule has 0 radical (unpaired) electrons. The molecule has 2 amide bonds. The van der Waals surface area contributed by atoms with Gasteiger partial charge in [-0.2, -0.15) is 4.72 Å². The summed E-state index contributed by atoms with van der Waals surface area (Å²) in [6, 6.07) is 9.69. The molecule has 9 heteroatoms. The average Bonchev–Trinajstić information content (AvgIpc) is 2.57. The van der Waals surface area contributed by atoms with Crippen LogP contribution in [0.15, 0.2) is 47.4 Å². The summed E-state index contributed by atoms with van der Waals surface area (Å²) in [6.45, 7) is 4.62. The topological polar surface area (TPSA) is 104 Å². The number of amides is 2. The van der Waals surface area contributed by atoms with Gasteiger partial charge in [0.15, 0.2) is 0 Å². The van der Waals surface area contributed by atoms with Crippen LogP contribution in [0, 0.1) is 6.92 Å². The number of hydrogen-bond acceptors (Lipinski definition) is 4. The zero-order chi connectivity index (χ0) is 20.2. The van der Waals surface area contributed by atoms with Crippen molar-refractivity contribution in [1.82, 2.24) is 4.72 Å². The van der Waals surface area contributed by atoms with Gasteiger partial charge >= 0.3 is 0 Å². The van der Waals surface area contributed by atoms with Gasteiger partial charge < -0.3 is 10.6 Å². The van der Waals surface area contributed by atoms with Crippen LogP contribution in [0.3, 0.4) is 0 Å². The number of aryl methyl sites for hydroxylation is 1. The van der Waals surface area contributed by atoms with Crippen molar-refractivity contribution in [2.45, 2.75) is 31.7 Å². The Balaban J connectivity index is 2.15. The number of carbonyl (C=O) groups is 2. The number of rotatable bonds is 6. The highest BCUT2D eigenvalue weighted by atomic mass is 35.5. The Labute approximate surface area is 163 Å². The van der Waals surface area contributed by atoms with Gasteiger partial charge in [0.2, 0.25) is 21.8 Å². The van der Waals surface area contributed by atoms with E-state index in [1.54, 1.807) is 18.2 Å². The fraction of sp³-hybridized carbons (Fsp3) is 0.222. The Morgan fingerprint density at radius 2 is 1.63 bits per heavy atom. The minimum absolute atomic E-state index is 0.000964. The van der Waals surface area contributed by atoms with Crippen molar-refractivity contribution in [3.05, 3.63) is 53.1 Å². The highest BCUT2D eigenvalue weighted by molar-refractivity contribution is 7.89. The third kappa shape index (κ3) is 5.78. The largest absolute Gasteiger partial charge is 0.325 e. The molecule has 0 saturated carbocycles. The smallest absolute Gasteiger partial charge is 0.242 e. The quantitative estimate of drug-likeness (QED) is 0.682. The van der Waals surface area contributed by atoms with Gasteiger partial charge in [-0.15, -0.1) is 0 Å². The molecular formula is C18H20ClN3O4S. The second-order valence-electron chi connectivity index (χ2n) is 6.02. The molecule has 0 heterocycles. The number of sulfonamides is 1. The molecule has 144 valence electrons. The monoisotopic (exact) mass is 409 g/mol. The number of benzene rings is 2. The molecule has 2 aromatic carbocycles. The molecule has 7 nitrogen and oxygen atoms in total. The van der Waals surface area contributed by atoms with Crippen molar-refractivity contribution in [3.8, 4) is 0 Å². The maximum Gasteiger partial charge on any atom is 0.242 e. The van der Waals surface area contributed by atoms with Gasteiger partial charge in [0.05, 0.1) is 22.3 Å². The Hall–Kier alpha value is -2.42. The lowest BCUT2D eigenvalue weighted by atomic mass is 10.2. The molecule has 0 spiro atoms. The second kappa shape index (κ2) is 8.51. The van der Waals surface area contributed by atoms with Crippen LogP contribution in [0.25, 0.3) is 0 Å². The zero-order valence-corrected chi connectivity index (χ0v) is 16.6. The fourth-order valence-electron chi connectivity index (χ4n) is 2.27. The van der Waals surface area contributed by atoms with Crippen LogP contribution < -0.4 is 15.4 Å². The molecule has 0 fully saturated rings. The molecule has 27 heavy (non-hydrogen) atoms. The van der Waals surface area contributed by atoms with Gasteiger partial charge in [0, 0.05) is 11.9 Å². The van der Waals surface area contributed by atoms with Crippen molar-refractivity contribution >= 4 is 44.8 Å². The van der Waals surface area contributed by atoms with Crippen molar-refractivity contribution in [2.24, 2.45) is 0 Å². The second-order valence-corrected chi connectivity index (χ2v) is 8.17. The van der Waals surface area contributed by atoms with Crippen LogP contribution >= 0.6 is 11.6 Å². The number of nitrogens with one attached hydrogen (secondary N) is 3. The molecule has 2 rings (SSSR count). The summed E-state index contributed by atoms with van der Waals surface area (Å²) in [7, 11) is -3.89. The standard InChI is InChI=1S/C18H20ClN3O4S/c1-11-4-9-16(20-13(3)23)17(10-11)21-18(24)12(2)22-27(25,26)15-7-5-14(19)6-8-15/h4-10,12,22H,1-3H3,(H,20,23)(H,21,24)/t12-/m0/s1. The van der Waals surface area contributed by atoms with E-state index in [0.29, 0.717) is 16.4 Å². The van der Waals surface area contributed by atoms with E-state index in [0.717, 1.165) is 5.56 Å². The van der Waals surface area contributed by atoms with Crippen molar-refractivity contribution in [3.63, 3.8) is 0 Å². The fourth-order valence-corrected chi connectivity index (χ4v) is 3.60. The van der Waals surface area contributed by atoms with Gasteiger partial charge in [-0.25, -0.2) is 8.42 Å². The highest BCUT2D eigenvalue weighted by Gasteiger charge is 2.22. The maximum atomic E-state index is 12.5. The van der Waals surface area contributed by atoms with E-state index in [1.807, 2.05) is 6.92 Å². The predicted octanol–water partition coefficient (Wildman–Crippen LogP) is 2.91. The van der Waals surface area contributed by atoms with Crippen LogP contribution in [-0.2, 0) is 19.6 Å². The zero-order valence-electron chi connectivity index (χ0n) is 15.0. The van der Waals surface area contributed by atoms with Crippen LogP contribution in [0.1, 0.15) is 19.4 Å². The van der Waals surface area contributed by atoms with Crippen LogP contribution in [0.2, 0.25) is 5.02 Å². The van der Waals surface area contributed by atoms with E-state index < -0.39 is 22.0 Å². The summed E-state index contributed by atoms with van der Waals surface area (Å²) >= 11 is 5.76. The lowest BCUT2D eigenvalue weighted by Gasteiger charge is -2.17. The number of halogens is 1.